The van der Waals surface area contributed by atoms with E-state index in [1.54, 1.807) is 7.05 Å². The van der Waals surface area contributed by atoms with Gasteiger partial charge in [0.15, 0.2) is 5.96 Å². The lowest BCUT2D eigenvalue weighted by atomic mass is 10.1. The van der Waals surface area contributed by atoms with Gasteiger partial charge >= 0.3 is 0 Å². The first-order chi connectivity index (χ1) is 15.7. The van der Waals surface area contributed by atoms with Crippen LogP contribution in [0, 0.1) is 6.92 Å². The molecular weight excluding hydrogens is 533 g/mol. The van der Waals surface area contributed by atoms with Crippen molar-refractivity contribution in [2.45, 2.75) is 32.5 Å². The Hall–Kier alpha value is -2.11. The van der Waals surface area contributed by atoms with Crippen molar-refractivity contribution in [2.24, 2.45) is 4.99 Å². The molecule has 0 bridgehead atoms. The molecule has 2 saturated heterocycles. The van der Waals surface area contributed by atoms with Crippen molar-refractivity contribution in [3.05, 3.63) is 53.2 Å². The molecule has 1 aromatic heterocycles. The molecule has 2 N–H and O–H groups in total. The van der Waals surface area contributed by atoms with E-state index in [9.17, 15) is 0 Å². The molecule has 33 heavy (non-hydrogen) atoms. The van der Waals surface area contributed by atoms with E-state index >= 15 is 0 Å². The minimum Gasteiger partial charge on any atom is -0.488 e. The molecule has 0 saturated carbocycles. The van der Waals surface area contributed by atoms with Gasteiger partial charge < -0.3 is 29.7 Å². The Morgan fingerprint density at radius 2 is 1.91 bits per heavy atom. The zero-order chi connectivity index (χ0) is 22.2. The smallest absolute Gasteiger partial charge is 0.191 e. The molecule has 3 heterocycles. The second-order valence-corrected chi connectivity index (χ2v) is 8.08. The predicted octanol–water partition coefficient (Wildman–Crippen LogP) is 2.88. The van der Waals surface area contributed by atoms with E-state index in [2.05, 4.69) is 56.7 Å². The number of nitrogens with zero attached hydrogens (tertiary/aromatic N) is 3. The molecule has 9 heteroatoms. The molecule has 8 nitrogen and oxygen atoms in total. The highest BCUT2D eigenvalue weighted by molar-refractivity contribution is 14.0. The van der Waals surface area contributed by atoms with Crippen molar-refractivity contribution in [2.75, 3.05) is 51.5 Å². The van der Waals surface area contributed by atoms with Crippen molar-refractivity contribution in [3.63, 3.8) is 0 Å². The average molecular weight is 567 g/mol. The zero-order valence-corrected chi connectivity index (χ0v) is 21.7. The normalized spacial score (nSPS) is 18.5. The van der Waals surface area contributed by atoms with Crippen LogP contribution in [-0.4, -0.2) is 63.6 Å². The van der Waals surface area contributed by atoms with Gasteiger partial charge in [-0.05, 0) is 24.6 Å². The van der Waals surface area contributed by atoms with Crippen LogP contribution >= 0.6 is 24.0 Å². The number of nitrogens with one attached hydrogen (secondary N) is 2. The number of hydrogen-bond acceptors (Lipinski definition) is 6. The van der Waals surface area contributed by atoms with Gasteiger partial charge in [-0.2, -0.15) is 0 Å². The Balaban J connectivity index is 0.00000306. The Labute approximate surface area is 213 Å². The summed E-state index contributed by atoms with van der Waals surface area (Å²) < 4.78 is 17.2. The Kier molecular flexibility index (Phi) is 10.0. The van der Waals surface area contributed by atoms with Crippen LogP contribution in [0.4, 0.5) is 5.82 Å². The molecule has 4 rings (SSSR count). The number of morpholine rings is 1. The monoisotopic (exact) mass is 567 g/mol. The number of hydrogen-bond donors (Lipinski definition) is 2. The maximum absolute atomic E-state index is 6.22. The van der Waals surface area contributed by atoms with Crippen LogP contribution in [0.1, 0.15) is 23.1 Å². The van der Waals surface area contributed by atoms with Crippen LogP contribution in [0.2, 0.25) is 0 Å². The maximum Gasteiger partial charge on any atom is 0.191 e. The maximum atomic E-state index is 6.22. The summed E-state index contributed by atoms with van der Waals surface area (Å²) in [6, 6.07) is 10.4. The topological polar surface area (TPSA) is 80.2 Å². The molecule has 2 aromatic rings. The molecule has 1 unspecified atom stereocenters. The number of aliphatic imine (C=N–C) groups is 1. The van der Waals surface area contributed by atoms with Crippen molar-refractivity contribution >= 4 is 35.8 Å². The lowest BCUT2D eigenvalue weighted by molar-refractivity contribution is 0.122. The highest BCUT2D eigenvalue weighted by Gasteiger charge is 2.19. The third-order valence-corrected chi connectivity index (χ3v) is 5.70. The van der Waals surface area contributed by atoms with E-state index in [0.29, 0.717) is 19.7 Å². The van der Waals surface area contributed by atoms with Crippen LogP contribution < -0.4 is 20.3 Å². The number of aryl methyl sites for hydroxylation is 1. The number of rotatable bonds is 7. The number of halogens is 1. The van der Waals surface area contributed by atoms with Crippen molar-refractivity contribution < 1.29 is 14.2 Å². The van der Waals surface area contributed by atoms with Gasteiger partial charge in [0, 0.05) is 57.0 Å². The first kappa shape index (κ1) is 25.5. The summed E-state index contributed by atoms with van der Waals surface area (Å²) in [7, 11) is 1.78. The number of anilines is 1. The molecule has 0 spiro atoms. The Morgan fingerprint density at radius 3 is 2.64 bits per heavy atom. The Morgan fingerprint density at radius 1 is 1.12 bits per heavy atom. The fraction of sp³-hybridized carbons (Fsp3) is 0.500. The predicted molar refractivity (Wildman–Crippen MR) is 141 cm³/mol. The van der Waals surface area contributed by atoms with E-state index in [4.69, 9.17) is 14.2 Å². The van der Waals surface area contributed by atoms with E-state index < -0.39 is 0 Å². The standard InChI is InChI=1S/C24H33N5O3.HI/c1-18-5-6-19(22(14-18)32-21-7-11-31-17-21)15-27-24(25-2)28-16-20-4-3-8-26-23(20)29-9-12-30-13-10-29;/h3-6,8,14,21H,7,9-13,15-17H2,1-2H3,(H2,25,27,28);1H. The average Bonchev–Trinajstić information content (AvgIpc) is 3.34. The van der Waals surface area contributed by atoms with Gasteiger partial charge in [-0.3, -0.25) is 4.99 Å². The lowest BCUT2D eigenvalue weighted by Gasteiger charge is -2.29. The van der Waals surface area contributed by atoms with Crippen molar-refractivity contribution in [3.8, 4) is 5.75 Å². The first-order valence-corrected chi connectivity index (χ1v) is 11.3. The molecule has 180 valence electrons. The van der Waals surface area contributed by atoms with Gasteiger partial charge in [0.05, 0.1) is 26.4 Å². The van der Waals surface area contributed by atoms with Crippen LogP contribution in [-0.2, 0) is 22.6 Å². The minimum atomic E-state index is 0. The largest absolute Gasteiger partial charge is 0.488 e. The third-order valence-electron chi connectivity index (χ3n) is 5.70. The molecular formula is C24H34IN5O3. The summed E-state index contributed by atoms with van der Waals surface area (Å²) in [5.74, 6) is 2.65. The summed E-state index contributed by atoms with van der Waals surface area (Å²) >= 11 is 0. The minimum absolute atomic E-state index is 0. The van der Waals surface area contributed by atoms with Crippen LogP contribution in [0.15, 0.2) is 41.5 Å². The molecule has 0 amide bonds. The SMILES string of the molecule is CN=C(NCc1ccc(C)cc1OC1CCOC1)NCc1cccnc1N1CCOCC1.I. The van der Waals surface area contributed by atoms with Crippen molar-refractivity contribution in [1.29, 1.82) is 0 Å². The third kappa shape index (κ3) is 7.18. The number of aromatic nitrogens is 1. The van der Waals surface area contributed by atoms with Gasteiger partial charge in [-0.15, -0.1) is 24.0 Å². The fourth-order valence-corrected chi connectivity index (χ4v) is 3.91. The summed E-state index contributed by atoms with van der Waals surface area (Å²) in [4.78, 5) is 11.3. The number of guanidine groups is 1. The molecule has 1 aromatic carbocycles. The van der Waals surface area contributed by atoms with Gasteiger partial charge in [0.25, 0.3) is 0 Å². The van der Waals surface area contributed by atoms with E-state index in [0.717, 1.165) is 68.0 Å². The summed E-state index contributed by atoms with van der Waals surface area (Å²) in [5.41, 5.74) is 3.41. The summed E-state index contributed by atoms with van der Waals surface area (Å²) in [6.45, 7) is 7.94. The lowest BCUT2D eigenvalue weighted by Crippen LogP contribution is -2.39. The van der Waals surface area contributed by atoms with E-state index in [1.165, 1.54) is 5.56 Å². The molecule has 2 fully saturated rings. The molecule has 0 radical (unpaired) electrons. The molecule has 0 aliphatic carbocycles. The van der Waals surface area contributed by atoms with Gasteiger partial charge in [0.2, 0.25) is 0 Å². The van der Waals surface area contributed by atoms with E-state index in [1.807, 2.05) is 12.3 Å². The van der Waals surface area contributed by atoms with E-state index in [-0.39, 0.29) is 30.1 Å². The van der Waals surface area contributed by atoms with Crippen LogP contribution in [0.3, 0.4) is 0 Å². The summed E-state index contributed by atoms with van der Waals surface area (Å²) in [5, 5.41) is 6.83. The number of benzene rings is 1. The number of ether oxygens (including phenoxy) is 3. The Bertz CT molecular complexity index is 915. The second kappa shape index (κ2) is 13.0. The van der Waals surface area contributed by atoms with Gasteiger partial charge in [-0.25, -0.2) is 4.98 Å². The first-order valence-electron chi connectivity index (χ1n) is 11.3. The number of pyridine rings is 1. The zero-order valence-electron chi connectivity index (χ0n) is 19.4. The molecule has 1 atom stereocenters. The highest BCUT2D eigenvalue weighted by Crippen LogP contribution is 2.24. The van der Waals surface area contributed by atoms with Gasteiger partial charge in [-0.1, -0.05) is 18.2 Å². The summed E-state index contributed by atoms with van der Waals surface area (Å²) in [6.07, 6.45) is 2.90. The van der Waals surface area contributed by atoms with Crippen molar-refractivity contribution in [1.82, 2.24) is 15.6 Å². The highest BCUT2D eigenvalue weighted by atomic mass is 127. The van der Waals surface area contributed by atoms with Gasteiger partial charge in [0.1, 0.15) is 17.7 Å². The fourth-order valence-electron chi connectivity index (χ4n) is 3.91. The quantitative estimate of drug-likeness (QED) is 0.303. The van der Waals surface area contributed by atoms with Crippen LogP contribution in [0.25, 0.3) is 0 Å². The molecule has 2 aliphatic rings. The molecule has 2 aliphatic heterocycles. The second-order valence-electron chi connectivity index (χ2n) is 8.08. The van der Waals surface area contributed by atoms with Crippen LogP contribution in [0.5, 0.6) is 5.75 Å².